The van der Waals surface area contributed by atoms with Crippen LogP contribution in [0.3, 0.4) is 0 Å². The molecule has 1 aliphatic rings. The quantitative estimate of drug-likeness (QED) is 0.628. The molecule has 0 unspecified atom stereocenters. The monoisotopic (exact) mass is 283 g/mol. The van der Waals surface area contributed by atoms with Gasteiger partial charge in [-0.3, -0.25) is 10.4 Å². The Morgan fingerprint density at radius 1 is 0.952 bits per heavy atom. The highest BCUT2D eigenvalue weighted by Crippen LogP contribution is 2.20. The van der Waals surface area contributed by atoms with E-state index in [4.69, 9.17) is 11.1 Å². The van der Waals surface area contributed by atoms with E-state index in [0.29, 0.717) is 5.69 Å². The van der Waals surface area contributed by atoms with Gasteiger partial charge in [0, 0.05) is 44.8 Å². The van der Waals surface area contributed by atoms with Gasteiger partial charge in [-0.05, 0) is 18.2 Å². The molecule has 1 aliphatic heterocycles. The summed E-state index contributed by atoms with van der Waals surface area (Å²) in [5.74, 6) is 0.759. The molecule has 0 saturated carbocycles. The van der Waals surface area contributed by atoms with E-state index in [0.717, 1.165) is 37.8 Å². The van der Waals surface area contributed by atoms with Crippen molar-refractivity contribution in [1.29, 1.82) is 5.41 Å². The Morgan fingerprint density at radius 3 is 2.24 bits per heavy atom. The van der Waals surface area contributed by atoms with E-state index in [1.54, 1.807) is 18.6 Å². The van der Waals surface area contributed by atoms with Crippen molar-refractivity contribution < 1.29 is 0 Å². The van der Waals surface area contributed by atoms with Crippen LogP contribution in [0, 0.1) is 5.41 Å². The Morgan fingerprint density at radius 2 is 1.57 bits per heavy atom. The number of nitrogens with zero attached hydrogens (tertiary/aromatic N) is 5. The van der Waals surface area contributed by atoms with Crippen LogP contribution >= 0.6 is 0 Å². The average molecular weight is 283 g/mol. The normalized spacial score (nSPS) is 15.0. The first kappa shape index (κ1) is 13.3. The molecule has 0 amide bonds. The number of nitrogens with one attached hydrogen (secondary N) is 1. The van der Waals surface area contributed by atoms with Crippen LogP contribution in [0.4, 0.5) is 11.6 Å². The second-order valence-electron chi connectivity index (χ2n) is 4.81. The van der Waals surface area contributed by atoms with Crippen LogP contribution in [0.2, 0.25) is 0 Å². The summed E-state index contributed by atoms with van der Waals surface area (Å²) in [6.45, 7) is 3.31. The molecule has 0 bridgehead atoms. The zero-order chi connectivity index (χ0) is 14.7. The maximum Gasteiger partial charge on any atom is 0.225 e. The number of nitrogen functional groups attached to an aromatic ring is 1. The molecule has 7 heteroatoms. The van der Waals surface area contributed by atoms with Gasteiger partial charge < -0.3 is 15.5 Å². The molecule has 1 saturated heterocycles. The number of aromatic nitrogens is 3. The largest absolute Gasteiger partial charge is 0.382 e. The summed E-state index contributed by atoms with van der Waals surface area (Å²) >= 11 is 0. The first-order chi connectivity index (χ1) is 10.3. The third-order valence-electron chi connectivity index (χ3n) is 3.50. The van der Waals surface area contributed by atoms with Crippen molar-refractivity contribution in [2.24, 2.45) is 5.73 Å². The van der Waals surface area contributed by atoms with Crippen molar-refractivity contribution in [3.63, 3.8) is 0 Å². The smallest absolute Gasteiger partial charge is 0.225 e. The van der Waals surface area contributed by atoms with Crippen LogP contribution in [0.15, 0.2) is 36.8 Å². The van der Waals surface area contributed by atoms with E-state index in [1.165, 1.54) is 0 Å². The van der Waals surface area contributed by atoms with Crippen LogP contribution in [0.5, 0.6) is 0 Å². The van der Waals surface area contributed by atoms with Gasteiger partial charge >= 0.3 is 0 Å². The van der Waals surface area contributed by atoms with Crippen molar-refractivity contribution in [2.45, 2.75) is 0 Å². The molecular formula is C14H17N7. The van der Waals surface area contributed by atoms with Gasteiger partial charge in [0.25, 0.3) is 0 Å². The summed E-state index contributed by atoms with van der Waals surface area (Å²) in [6.07, 6.45) is 5.17. The molecule has 0 atom stereocenters. The SMILES string of the molecule is N=C(N)c1ncccc1N1CCN(c2ncccn2)CC1. The van der Waals surface area contributed by atoms with Crippen molar-refractivity contribution in [3.8, 4) is 0 Å². The fourth-order valence-electron chi connectivity index (χ4n) is 2.46. The Balaban J connectivity index is 1.73. The lowest BCUT2D eigenvalue weighted by atomic mass is 10.2. The third-order valence-corrected chi connectivity index (χ3v) is 3.50. The van der Waals surface area contributed by atoms with Crippen molar-refractivity contribution >= 4 is 17.5 Å². The van der Waals surface area contributed by atoms with Gasteiger partial charge in [-0.15, -0.1) is 0 Å². The second kappa shape index (κ2) is 5.74. The van der Waals surface area contributed by atoms with Crippen LogP contribution in [-0.2, 0) is 0 Å². The van der Waals surface area contributed by atoms with Crippen molar-refractivity contribution in [2.75, 3.05) is 36.0 Å². The average Bonchev–Trinajstić information content (AvgIpc) is 2.56. The highest BCUT2D eigenvalue weighted by molar-refractivity contribution is 5.98. The van der Waals surface area contributed by atoms with E-state index in [-0.39, 0.29) is 5.84 Å². The number of hydrogen-bond acceptors (Lipinski definition) is 6. The molecule has 0 spiro atoms. The predicted octanol–water partition coefficient (Wildman–Crippen LogP) is 0.482. The molecule has 0 radical (unpaired) electrons. The number of anilines is 2. The summed E-state index contributed by atoms with van der Waals surface area (Å²) < 4.78 is 0. The lowest BCUT2D eigenvalue weighted by molar-refractivity contribution is 0.639. The van der Waals surface area contributed by atoms with Gasteiger partial charge in [0.05, 0.1) is 5.69 Å². The summed E-state index contributed by atoms with van der Waals surface area (Å²) in [4.78, 5) is 17.1. The fourth-order valence-corrected chi connectivity index (χ4v) is 2.46. The second-order valence-corrected chi connectivity index (χ2v) is 4.81. The first-order valence-corrected chi connectivity index (χ1v) is 6.82. The molecule has 2 aromatic rings. The third kappa shape index (κ3) is 2.76. The zero-order valence-corrected chi connectivity index (χ0v) is 11.6. The van der Waals surface area contributed by atoms with E-state index in [2.05, 4.69) is 24.8 Å². The highest BCUT2D eigenvalue weighted by Gasteiger charge is 2.21. The number of amidine groups is 1. The lowest BCUT2D eigenvalue weighted by Crippen LogP contribution is -2.47. The van der Waals surface area contributed by atoms with Gasteiger partial charge in [0.1, 0.15) is 11.5 Å². The molecule has 3 rings (SSSR count). The van der Waals surface area contributed by atoms with E-state index < -0.39 is 0 Å². The Bertz CT molecular complexity index is 620. The summed E-state index contributed by atoms with van der Waals surface area (Å²) in [6, 6.07) is 5.64. The van der Waals surface area contributed by atoms with Crippen molar-refractivity contribution in [1.82, 2.24) is 15.0 Å². The molecule has 7 nitrogen and oxygen atoms in total. The van der Waals surface area contributed by atoms with E-state index >= 15 is 0 Å². The Kier molecular flexibility index (Phi) is 3.63. The van der Waals surface area contributed by atoms with Crippen LogP contribution in [0.1, 0.15) is 5.69 Å². The minimum atomic E-state index is -0.000535. The fraction of sp³-hybridized carbons (Fsp3) is 0.286. The Labute approximate surface area is 123 Å². The van der Waals surface area contributed by atoms with E-state index in [1.807, 2.05) is 18.2 Å². The summed E-state index contributed by atoms with van der Waals surface area (Å²) in [7, 11) is 0. The highest BCUT2D eigenvalue weighted by atomic mass is 15.3. The van der Waals surface area contributed by atoms with Crippen LogP contribution in [-0.4, -0.2) is 47.0 Å². The Hall–Kier alpha value is -2.70. The molecule has 3 heterocycles. The molecule has 3 N–H and O–H groups in total. The molecule has 21 heavy (non-hydrogen) atoms. The number of rotatable bonds is 3. The minimum Gasteiger partial charge on any atom is -0.382 e. The molecule has 0 aliphatic carbocycles. The van der Waals surface area contributed by atoms with Crippen LogP contribution in [0.25, 0.3) is 0 Å². The number of nitrogens with two attached hydrogens (primary N) is 1. The number of piperazine rings is 1. The minimum absolute atomic E-state index is 0.000535. The van der Waals surface area contributed by atoms with Gasteiger partial charge in [0.2, 0.25) is 5.95 Å². The van der Waals surface area contributed by atoms with E-state index in [9.17, 15) is 0 Å². The van der Waals surface area contributed by atoms with Crippen molar-refractivity contribution in [3.05, 3.63) is 42.5 Å². The number of hydrogen-bond donors (Lipinski definition) is 2. The topological polar surface area (TPSA) is 95.0 Å². The molecular weight excluding hydrogens is 266 g/mol. The maximum absolute atomic E-state index is 7.63. The lowest BCUT2D eigenvalue weighted by Gasteiger charge is -2.36. The number of pyridine rings is 1. The molecule has 1 fully saturated rings. The summed E-state index contributed by atoms with van der Waals surface area (Å²) in [5, 5.41) is 7.63. The molecule has 2 aromatic heterocycles. The van der Waals surface area contributed by atoms with Crippen LogP contribution < -0.4 is 15.5 Å². The zero-order valence-electron chi connectivity index (χ0n) is 11.6. The summed E-state index contributed by atoms with van der Waals surface area (Å²) in [5.41, 5.74) is 7.06. The van der Waals surface area contributed by atoms with Gasteiger partial charge in [-0.25, -0.2) is 9.97 Å². The van der Waals surface area contributed by atoms with Gasteiger partial charge in [-0.1, -0.05) is 0 Å². The predicted molar refractivity (Wildman–Crippen MR) is 81.7 cm³/mol. The molecule has 108 valence electrons. The van der Waals surface area contributed by atoms with Gasteiger partial charge in [-0.2, -0.15) is 0 Å². The first-order valence-electron chi connectivity index (χ1n) is 6.82. The molecule has 0 aromatic carbocycles. The maximum atomic E-state index is 7.63. The standard InChI is InChI=1S/C14H17N7/c15-13(16)12-11(3-1-4-17-12)20-7-9-21(10-8-20)14-18-5-2-6-19-14/h1-6H,7-10H2,(H3,15,16). The van der Waals surface area contributed by atoms with Gasteiger partial charge in [0.15, 0.2) is 0 Å².